The van der Waals surface area contributed by atoms with Crippen LogP contribution >= 0.6 is 0 Å². The molecule has 0 amide bonds. The highest BCUT2D eigenvalue weighted by Gasteiger charge is 2.20. The summed E-state index contributed by atoms with van der Waals surface area (Å²) in [6, 6.07) is 48.5. The molecule has 0 aliphatic heterocycles. The fourth-order valence-corrected chi connectivity index (χ4v) is 7.92. The van der Waals surface area contributed by atoms with Gasteiger partial charge in [0.1, 0.15) is 11.2 Å². The van der Waals surface area contributed by atoms with Gasteiger partial charge >= 0.3 is 0 Å². The standard InChI is InChI=1S/C49H35N3O/c1-3-12-32(13-4-1)33-22-24-34(25-23-33)35-26-28-37(29-27-35)48-50-47(36-14-5-2-6-15-36)51-49(52-48)39-30-38-16-7-8-17-40(38)43(31-39)41-19-11-21-45-46(41)42-18-9-10-20-44(42)53-45/h1-22,24,26,28,30-31H,23,25,27,29H2. The number of allylic oxidation sites excluding steroid dienone is 8. The maximum Gasteiger partial charge on any atom is 0.164 e. The van der Waals surface area contributed by atoms with E-state index in [9.17, 15) is 0 Å². The third kappa shape index (κ3) is 5.79. The second kappa shape index (κ2) is 13.2. The SMILES string of the molecule is C1=C(C2=CC=C(c3nc(-c4ccccc4)nc(-c4cc(-c5cccc6oc7ccccc7c56)c5ccccc5c4)n3)CC2)CCC(c2ccccc2)=C1. The van der Waals surface area contributed by atoms with E-state index < -0.39 is 0 Å². The van der Waals surface area contributed by atoms with E-state index in [0.717, 1.165) is 86.7 Å². The summed E-state index contributed by atoms with van der Waals surface area (Å²) in [5.74, 6) is 2.06. The van der Waals surface area contributed by atoms with Gasteiger partial charge in [-0.05, 0) is 99.7 Å². The first-order valence-electron chi connectivity index (χ1n) is 18.4. The molecular weight excluding hydrogens is 647 g/mol. The van der Waals surface area contributed by atoms with Gasteiger partial charge in [-0.3, -0.25) is 0 Å². The summed E-state index contributed by atoms with van der Waals surface area (Å²) >= 11 is 0. The molecule has 53 heavy (non-hydrogen) atoms. The predicted octanol–water partition coefficient (Wildman–Crippen LogP) is 12.8. The highest BCUT2D eigenvalue weighted by Crippen LogP contribution is 2.41. The third-order valence-corrected chi connectivity index (χ3v) is 10.6. The van der Waals surface area contributed by atoms with Crippen molar-refractivity contribution in [1.29, 1.82) is 0 Å². The Kier molecular flexibility index (Phi) is 7.72. The van der Waals surface area contributed by atoms with Crippen molar-refractivity contribution in [3.8, 4) is 33.9 Å². The van der Waals surface area contributed by atoms with Crippen LogP contribution in [-0.2, 0) is 0 Å². The van der Waals surface area contributed by atoms with E-state index in [0.29, 0.717) is 11.6 Å². The van der Waals surface area contributed by atoms with Crippen molar-refractivity contribution < 1.29 is 4.42 Å². The molecule has 0 saturated carbocycles. The molecule has 0 radical (unpaired) electrons. The zero-order valence-electron chi connectivity index (χ0n) is 29.2. The first-order chi connectivity index (χ1) is 26.2. The van der Waals surface area contributed by atoms with Crippen LogP contribution in [-0.4, -0.2) is 15.0 Å². The largest absolute Gasteiger partial charge is 0.456 e. The lowest BCUT2D eigenvalue weighted by molar-refractivity contribution is 0.669. The van der Waals surface area contributed by atoms with Crippen LogP contribution in [0.5, 0.6) is 0 Å². The van der Waals surface area contributed by atoms with Crippen LogP contribution in [0.4, 0.5) is 0 Å². The number of furan rings is 1. The van der Waals surface area contributed by atoms with Crippen molar-refractivity contribution in [2.45, 2.75) is 25.7 Å². The molecule has 2 aliphatic carbocycles. The molecule has 4 heteroatoms. The number of rotatable bonds is 6. The van der Waals surface area contributed by atoms with Gasteiger partial charge in [0.25, 0.3) is 0 Å². The quantitative estimate of drug-likeness (QED) is 0.175. The second-order valence-corrected chi connectivity index (χ2v) is 13.8. The van der Waals surface area contributed by atoms with Crippen molar-refractivity contribution in [3.05, 3.63) is 186 Å². The third-order valence-electron chi connectivity index (χ3n) is 10.6. The minimum Gasteiger partial charge on any atom is -0.456 e. The van der Waals surface area contributed by atoms with Gasteiger partial charge < -0.3 is 4.42 Å². The first kappa shape index (κ1) is 31.1. The maximum absolute atomic E-state index is 6.31. The minimum atomic E-state index is 0.661. The van der Waals surface area contributed by atoms with E-state index in [1.54, 1.807) is 0 Å². The van der Waals surface area contributed by atoms with Crippen LogP contribution < -0.4 is 0 Å². The molecular formula is C49H35N3O. The van der Waals surface area contributed by atoms with Crippen molar-refractivity contribution in [2.75, 3.05) is 0 Å². The van der Waals surface area contributed by atoms with Gasteiger partial charge in [-0.2, -0.15) is 0 Å². The summed E-state index contributed by atoms with van der Waals surface area (Å²) in [6.45, 7) is 0. The van der Waals surface area contributed by atoms with Crippen LogP contribution in [0, 0.1) is 0 Å². The lowest BCUT2D eigenvalue weighted by atomic mass is 9.85. The molecule has 0 fully saturated rings. The number of nitrogens with zero attached hydrogens (tertiary/aromatic N) is 3. The molecule has 0 spiro atoms. The van der Waals surface area contributed by atoms with E-state index in [1.807, 2.05) is 30.3 Å². The van der Waals surface area contributed by atoms with Crippen LogP contribution in [0.3, 0.4) is 0 Å². The van der Waals surface area contributed by atoms with Crippen molar-refractivity contribution in [3.63, 3.8) is 0 Å². The molecule has 2 aromatic heterocycles. The van der Waals surface area contributed by atoms with Crippen LogP contribution in [0.2, 0.25) is 0 Å². The van der Waals surface area contributed by atoms with Crippen LogP contribution in [0.1, 0.15) is 37.1 Å². The monoisotopic (exact) mass is 681 g/mol. The lowest BCUT2D eigenvalue weighted by Gasteiger charge is -2.20. The fourth-order valence-electron chi connectivity index (χ4n) is 7.92. The highest BCUT2D eigenvalue weighted by molar-refractivity contribution is 6.15. The normalized spacial score (nSPS) is 14.6. The first-order valence-corrected chi connectivity index (χ1v) is 18.4. The molecule has 8 aromatic rings. The zero-order valence-corrected chi connectivity index (χ0v) is 29.2. The van der Waals surface area contributed by atoms with Gasteiger partial charge in [-0.1, -0.05) is 140 Å². The number of hydrogen-bond donors (Lipinski definition) is 0. The molecule has 2 aliphatic rings. The highest BCUT2D eigenvalue weighted by atomic mass is 16.3. The average Bonchev–Trinajstić information content (AvgIpc) is 3.63. The van der Waals surface area contributed by atoms with E-state index in [1.165, 1.54) is 27.7 Å². The van der Waals surface area contributed by atoms with Crippen LogP contribution in [0.25, 0.3) is 77.8 Å². The van der Waals surface area contributed by atoms with Gasteiger partial charge in [0.2, 0.25) is 0 Å². The Morgan fingerprint density at radius 3 is 1.68 bits per heavy atom. The van der Waals surface area contributed by atoms with E-state index in [2.05, 4.69) is 133 Å². The molecule has 4 nitrogen and oxygen atoms in total. The number of para-hydroxylation sites is 1. The molecule has 2 heterocycles. The summed E-state index contributed by atoms with van der Waals surface area (Å²) in [4.78, 5) is 15.4. The van der Waals surface area contributed by atoms with Gasteiger partial charge in [0, 0.05) is 21.9 Å². The summed E-state index contributed by atoms with van der Waals surface area (Å²) in [5, 5.41) is 4.51. The minimum absolute atomic E-state index is 0.661. The average molecular weight is 682 g/mol. The van der Waals surface area contributed by atoms with Crippen molar-refractivity contribution in [1.82, 2.24) is 15.0 Å². The Hall–Kier alpha value is -6.65. The van der Waals surface area contributed by atoms with Gasteiger partial charge in [-0.25, -0.2) is 15.0 Å². The van der Waals surface area contributed by atoms with Gasteiger partial charge in [0.05, 0.1) is 0 Å². The second-order valence-electron chi connectivity index (χ2n) is 13.8. The molecule has 0 N–H and O–H groups in total. The van der Waals surface area contributed by atoms with E-state index in [-0.39, 0.29) is 0 Å². The summed E-state index contributed by atoms with van der Waals surface area (Å²) in [6.07, 6.45) is 13.0. The van der Waals surface area contributed by atoms with Gasteiger partial charge in [-0.15, -0.1) is 0 Å². The Morgan fingerprint density at radius 2 is 0.943 bits per heavy atom. The van der Waals surface area contributed by atoms with E-state index in [4.69, 9.17) is 19.4 Å². The number of fused-ring (bicyclic) bond motifs is 4. The molecule has 0 atom stereocenters. The van der Waals surface area contributed by atoms with Crippen molar-refractivity contribution in [2.24, 2.45) is 0 Å². The summed E-state index contributed by atoms with van der Waals surface area (Å²) in [5.41, 5.74) is 12.6. The number of aromatic nitrogens is 3. The number of benzene rings is 6. The fraction of sp³-hybridized carbons (Fsp3) is 0.0816. The number of hydrogen-bond acceptors (Lipinski definition) is 4. The Balaban J connectivity index is 1.09. The zero-order chi connectivity index (χ0) is 35.1. The Labute approximate surface area is 308 Å². The topological polar surface area (TPSA) is 51.8 Å². The molecule has 252 valence electrons. The van der Waals surface area contributed by atoms with E-state index >= 15 is 0 Å². The van der Waals surface area contributed by atoms with Crippen molar-refractivity contribution >= 4 is 43.9 Å². The molecule has 0 unspecified atom stereocenters. The molecule has 10 rings (SSSR count). The lowest BCUT2D eigenvalue weighted by Crippen LogP contribution is -2.06. The smallest absolute Gasteiger partial charge is 0.164 e. The Morgan fingerprint density at radius 1 is 0.377 bits per heavy atom. The summed E-state index contributed by atoms with van der Waals surface area (Å²) in [7, 11) is 0. The summed E-state index contributed by atoms with van der Waals surface area (Å²) < 4.78 is 6.31. The van der Waals surface area contributed by atoms with Crippen LogP contribution in [0.15, 0.2) is 179 Å². The molecule has 0 saturated heterocycles. The predicted molar refractivity (Wildman–Crippen MR) is 218 cm³/mol. The molecule has 0 bridgehead atoms. The molecule has 6 aromatic carbocycles. The maximum atomic E-state index is 6.31. The Bertz CT molecular complexity index is 2820. The van der Waals surface area contributed by atoms with Gasteiger partial charge in [0.15, 0.2) is 17.5 Å².